The minimum atomic E-state index is -0.114. The maximum atomic E-state index is 9.60. The van der Waals surface area contributed by atoms with Gasteiger partial charge in [-0.15, -0.1) is 0 Å². The second-order valence-electron chi connectivity index (χ2n) is 4.94. The Hall–Kier alpha value is -1.29. The van der Waals surface area contributed by atoms with Gasteiger partial charge in [0.25, 0.3) is 0 Å². The molecule has 2 unspecified atom stereocenters. The molecule has 1 fully saturated rings. The summed E-state index contributed by atoms with van der Waals surface area (Å²) in [6, 6.07) is 3.78. The summed E-state index contributed by atoms with van der Waals surface area (Å²) in [4.78, 5) is 4.38. The summed E-state index contributed by atoms with van der Waals surface area (Å²) in [7, 11) is 0. The van der Waals surface area contributed by atoms with Crippen LogP contribution < -0.4 is 11.1 Å². The number of anilines is 2. The monoisotopic (exact) mass is 235 g/mol. The number of hydrogen-bond acceptors (Lipinski definition) is 4. The number of aliphatic hydroxyl groups excluding tert-OH is 1. The van der Waals surface area contributed by atoms with Crippen LogP contribution in [0.15, 0.2) is 12.1 Å². The Labute approximate surface area is 102 Å². The Morgan fingerprint density at radius 2 is 2.29 bits per heavy atom. The predicted molar refractivity (Wildman–Crippen MR) is 69.8 cm³/mol. The number of nitrogens with two attached hydrogens (primary N) is 1. The third-order valence-corrected chi connectivity index (χ3v) is 3.45. The molecule has 1 saturated carbocycles. The van der Waals surface area contributed by atoms with Gasteiger partial charge < -0.3 is 16.2 Å². The molecule has 0 spiro atoms. The van der Waals surface area contributed by atoms with Gasteiger partial charge in [0.1, 0.15) is 5.82 Å². The Morgan fingerprint density at radius 1 is 1.47 bits per heavy atom. The van der Waals surface area contributed by atoms with Crippen molar-refractivity contribution in [3.05, 3.63) is 17.8 Å². The van der Waals surface area contributed by atoms with Gasteiger partial charge in [0.2, 0.25) is 0 Å². The number of rotatable bonds is 3. The minimum Gasteiger partial charge on any atom is -0.397 e. The highest BCUT2D eigenvalue weighted by Crippen LogP contribution is 2.24. The van der Waals surface area contributed by atoms with E-state index in [1.165, 1.54) is 6.42 Å². The molecule has 0 amide bonds. The zero-order valence-electron chi connectivity index (χ0n) is 10.3. The average molecular weight is 235 g/mol. The van der Waals surface area contributed by atoms with E-state index in [1.807, 2.05) is 19.1 Å². The van der Waals surface area contributed by atoms with Crippen LogP contribution in [-0.4, -0.2) is 22.7 Å². The number of hydrogen-bond donors (Lipinski definition) is 3. The van der Waals surface area contributed by atoms with E-state index in [0.29, 0.717) is 5.92 Å². The van der Waals surface area contributed by atoms with Crippen molar-refractivity contribution in [2.24, 2.45) is 5.92 Å². The van der Waals surface area contributed by atoms with Gasteiger partial charge in [0, 0.05) is 6.54 Å². The van der Waals surface area contributed by atoms with E-state index in [0.717, 1.165) is 43.0 Å². The van der Waals surface area contributed by atoms with Crippen LogP contribution in [0.4, 0.5) is 11.5 Å². The van der Waals surface area contributed by atoms with E-state index in [9.17, 15) is 5.11 Å². The molecule has 0 saturated heterocycles. The van der Waals surface area contributed by atoms with Crippen LogP contribution in [0.25, 0.3) is 0 Å². The summed E-state index contributed by atoms with van der Waals surface area (Å²) >= 11 is 0. The summed E-state index contributed by atoms with van der Waals surface area (Å²) in [5.41, 5.74) is 7.31. The molecule has 1 aliphatic rings. The SMILES string of the molecule is Cc1nc(NCC2CCCC(O)C2)ccc1N. The van der Waals surface area contributed by atoms with Crippen LogP contribution in [0.5, 0.6) is 0 Å². The molecule has 4 heteroatoms. The van der Waals surface area contributed by atoms with Crippen LogP contribution in [0, 0.1) is 12.8 Å². The molecule has 2 atom stereocenters. The first-order valence-electron chi connectivity index (χ1n) is 6.30. The molecule has 0 radical (unpaired) electrons. The van der Waals surface area contributed by atoms with Crippen molar-refractivity contribution < 1.29 is 5.11 Å². The lowest BCUT2D eigenvalue weighted by Gasteiger charge is -2.26. The minimum absolute atomic E-state index is 0.114. The molecule has 1 aromatic heterocycles. The van der Waals surface area contributed by atoms with Crippen LogP contribution >= 0.6 is 0 Å². The standard InChI is InChI=1S/C13H21N3O/c1-9-12(14)5-6-13(16-9)15-8-10-3-2-4-11(17)7-10/h5-6,10-11,17H,2-4,7-8,14H2,1H3,(H,15,16). The maximum absolute atomic E-state index is 9.60. The second-order valence-corrected chi connectivity index (χ2v) is 4.94. The summed E-state index contributed by atoms with van der Waals surface area (Å²) in [5, 5.41) is 12.9. The van der Waals surface area contributed by atoms with Crippen molar-refractivity contribution in [3.8, 4) is 0 Å². The van der Waals surface area contributed by atoms with Gasteiger partial charge in [0.15, 0.2) is 0 Å². The van der Waals surface area contributed by atoms with E-state index >= 15 is 0 Å². The maximum Gasteiger partial charge on any atom is 0.126 e. The molecule has 4 nitrogen and oxygen atoms in total. The third kappa shape index (κ3) is 3.33. The zero-order chi connectivity index (χ0) is 12.3. The van der Waals surface area contributed by atoms with Crippen molar-refractivity contribution in [2.45, 2.75) is 38.7 Å². The zero-order valence-corrected chi connectivity index (χ0v) is 10.3. The Bertz CT molecular complexity index is 381. The number of aryl methyl sites for hydroxylation is 1. The molecule has 1 heterocycles. The molecule has 1 aromatic rings. The van der Waals surface area contributed by atoms with Crippen molar-refractivity contribution in [2.75, 3.05) is 17.6 Å². The highest BCUT2D eigenvalue weighted by molar-refractivity contribution is 5.48. The van der Waals surface area contributed by atoms with Crippen molar-refractivity contribution in [1.29, 1.82) is 0 Å². The largest absolute Gasteiger partial charge is 0.397 e. The molecule has 94 valence electrons. The molecular formula is C13H21N3O. The van der Waals surface area contributed by atoms with E-state index in [2.05, 4.69) is 10.3 Å². The number of aliphatic hydroxyl groups is 1. The second kappa shape index (κ2) is 5.36. The lowest BCUT2D eigenvalue weighted by molar-refractivity contribution is 0.104. The summed E-state index contributed by atoms with van der Waals surface area (Å²) in [5.74, 6) is 1.43. The highest BCUT2D eigenvalue weighted by Gasteiger charge is 2.19. The predicted octanol–water partition coefficient (Wildman–Crippen LogP) is 1.94. The van der Waals surface area contributed by atoms with Crippen LogP contribution in [0.2, 0.25) is 0 Å². The lowest BCUT2D eigenvalue weighted by atomic mass is 9.87. The van der Waals surface area contributed by atoms with Crippen molar-refractivity contribution >= 4 is 11.5 Å². The van der Waals surface area contributed by atoms with Gasteiger partial charge in [-0.05, 0) is 44.2 Å². The highest BCUT2D eigenvalue weighted by atomic mass is 16.3. The molecule has 0 bridgehead atoms. The lowest BCUT2D eigenvalue weighted by Crippen LogP contribution is -2.25. The smallest absolute Gasteiger partial charge is 0.126 e. The van der Waals surface area contributed by atoms with Gasteiger partial charge in [-0.3, -0.25) is 0 Å². The quantitative estimate of drug-likeness (QED) is 0.748. The topological polar surface area (TPSA) is 71.2 Å². The van der Waals surface area contributed by atoms with Gasteiger partial charge in [-0.25, -0.2) is 4.98 Å². The fraction of sp³-hybridized carbons (Fsp3) is 0.615. The Morgan fingerprint density at radius 3 is 3.00 bits per heavy atom. The van der Waals surface area contributed by atoms with Crippen LogP contribution in [0.3, 0.4) is 0 Å². The molecule has 0 aromatic carbocycles. The average Bonchev–Trinajstić information content (AvgIpc) is 2.31. The first-order chi connectivity index (χ1) is 8.15. The Balaban J connectivity index is 1.86. The first-order valence-corrected chi connectivity index (χ1v) is 6.30. The molecule has 1 aliphatic carbocycles. The number of nitrogen functional groups attached to an aromatic ring is 1. The fourth-order valence-corrected chi connectivity index (χ4v) is 2.37. The van der Waals surface area contributed by atoms with Gasteiger partial charge in [-0.1, -0.05) is 6.42 Å². The fourth-order valence-electron chi connectivity index (χ4n) is 2.37. The van der Waals surface area contributed by atoms with E-state index in [1.54, 1.807) is 0 Å². The molecule has 4 N–H and O–H groups in total. The third-order valence-electron chi connectivity index (χ3n) is 3.45. The normalized spacial score (nSPS) is 24.6. The summed E-state index contributed by atoms with van der Waals surface area (Å²) in [6.45, 7) is 2.79. The van der Waals surface area contributed by atoms with E-state index < -0.39 is 0 Å². The molecule has 17 heavy (non-hydrogen) atoms. The van der Waals surface area contributed by atoms with E-state index in [4.69, 9.17) is 5.73 Å². The summed E-state index contributed by atoms with van der Waals surface area (Å²) in [6.07, 6.45) is 4.06. The van der Waals surface area contributed by atoms with Crippen molar-refractivity contribution in [1.82, 2.24) is 4.98 Å². The molecule has 0 aliphatic heterocycles. The number of aromatic nitrogens is 1. The van der Waals surface area contributed by atoms with Gasteiger partial charge in [0.05, 0.1) is 17.5 Å². The molecule has 2 rings (SSSR count). The first kappa shape index (κ1) is 12.2. The van der Waals surface area contributed by atoms with E-state index in [-0.39, 0.29) is 6.10 Å². The summed E-state index contributed by atoms with van der Waals surface area (Å²) < 4.78 is 0. The number of pyridine rings is 1. The van der Waals surface area contributed by atoms with Gasteiger partial charge >= 0.3 is 0 Å². The number of nitrogens with zero attached hydrogens (tertiary/aromatic N) is 1. The van der Waals surface area contributed by atoms with Crippen LogP contribution in [0.1, 0.15) is 31.4 Å². The van der Waals surface area contributed by atoms with Crippen LogP contribution in [-0.2, 0) is 0 Å². The Kier molecular flexibility index (Phi) is 3.84. The number of nitrogens with one attached hydrogen (secondary N) is 1. The van der Waals surface area contributed by atoms with Gasteiger partial charge in [-0.2, -0.15) is 0 Å². The van der Waals surface area contributed by atoms with Crippen molar-refractivity contribution in [3.63, 3.8) is 0 Å². The molecular weight excluding hydrogens is 214 g/mol.